The molecular formula is C91H70Cl5F3N34O4. The number of nitriles is 5. The highest BCUT2D eigenvalue weighted by Gasteiger charge is 2.42. The molecule has 0 spiro atoms. The van der Waals surface area contributed by atoms with Gasteiger partial charge in [-0.2, -0.15) is 26.3 Å². The van der Waals surface area contributed by atoms with Gasteiger partial charge in [-0.3, -0.25) is 52.4 Å². The first-order valence-corrected chi connectivity index (χ1v) is 43.4. The summed E-state index contributed by atoms with van der Waals surface area (Å²) in [6, 6.07) is 29.5. The highest BCUT2D eigenvalue weighted by atomic mass is 35.5. The zero-order chi connectivity index (χ0) is 97.4. The summed E-state index contributed by atoms with van der Waals surface area (Å²) in [5, 5.41) is 62.2. The van der Waals surface area contributed by atoms with Crippen LogP contribution in [-0.2, 0) is 0 Å². The van der Waals surface area contributed by atoms with Crippen molar-refractivity contribution in [1.82, 2.24) is 98.0 Å². The number of hydrogen-bond acceptors (Lipinski definition) is 34. The van der Waals surface area contributed by atoms with Crippen molar-refractivity contribution in [3.05, 3.63) is 293 Å². The molecule has 4 aromatic carbocycles. The quantitative estimate of drug-likeness (QED) is 0.0363. The van der Waals surface area contributed by atoms with Crippen molar-refractivity contribution >= 4 is 154 Å². The number of nitrogen functional groups attached to an aromatic ring is 5. The number of anilines is 9. The lowest BCUT2D eigenvalue weighted by atomic mass is 10.1. The molecule has 12 heterocycles. The van der Waals surface area contributed by atoms with Crippen molar-refractivity contribution < 1.29 is 13.2 Å². The topological polar surface area (TPSA) is 591 Å². The van der Waals surface area contributed by atoms with Crippen molar-refractivity contribution in [2.24, 2.45) is 17.8 Å². The summed E-state index contributed by atoms with van der Waals surface area (Å²) in [5.41, 5.74) is 29.5. The van der Waals surface area contributed by atoms with Crippen molar-refractivity contribution in [3.8, 4) is 53.1 Å². The van der Waals surface area contributed by atoms with E-state index in [0.29, 0.717) is 62.5 Å². The number of benzene rings is 4. The first kappa shape index (κ1) is 93.5. The van der Waals surface area contributed by atoms with Gasteiger partial charge >= 0.3 is 0 Å². The first-order valence-electron chi connectivity index (χ1n) is 41.5. The minimum Gasteiger partial charge on any atom is -0.384 e. The van der Waals surface area contributed by atoms with E-state index in [2.05, 4.69) is 102 Å². The van der Waals surface area contributed by atoms with Crippen LogP contribution in [0.25, 0.3) is 66.4 Å². The van der Waals surface area contributed by atoms with Gasteiger partial charge in [0.05, 0.1) is 147 Å². The van der Waals surface area contributed by atoms with Crippen molar-refractivity contribution in [2.75, 3.05) is 49.9 Å². The average molecular weight is 1940 g/mol. The van der Waals surface area contributed by atoms with Gasteiger partial charge in [0.1, 0.15) is 151 Å². The molecule has 0 amide bonds. The molecule has 3 saturated carbocycles. The van der Waals surface area contributed by atoms with Crippen LogP contribution < -0.4 is 72.2 Å². The standard InChI is InChI=1S/C24H17F2N9O.C23H18Cl2N8O.C23H18ClFN8O.C21H17Cl2N9O/c1-11-31-21(29)18(8-28)22(32-11)33-20(12-2-3-12)23-34-19-13(7-27)4-14(25)6-17(19)24(36)35(23)16-5-15(26)9-30-10-16;2*1-11-29-20(27)14(9-26)21(30-11)31-18(12-4-5-12)22-32-19-16(25)7-6-15(24)17(19)23(34)33(22)13-3-2-8-28-10-13;1-9(28-19-12(7-24)18(26)29-10(2)30-19)20-31-17-14(23)5-4-13(22)16(17)21(33)32(20)11-3-6-15(25)27-8-11/h4-6,9-10,12,20H,2-3H2,1H3,(H3,29,31,32,33);2*2-3,6-8,10,12,18H,4-5H2,1H3,(H3,27,29,30,31);3-6,8-9H,1-2H3,(H2,25,27)(H3,26,28,29,30)/t20-;2*18-;9-/m0010/s1. The molecule has 4 atom stereocenters. The Labute approximate surface area is 797 Å². The van der Waals surface area contributed by atoms with Crippen molar-refractivity contribution in [1.29, 1.82) is 26.3 Å². The number of aryl methyl sites for hydroxylation is 4. The molecule has 38 nitrogen and oxygen atoms in total. The van der Waals surface area contributed by atoms with Crippen LogP contribution in [-0.4, -0.2) is 98.0 Å². The van der Waals surface area contributed by atoms with Gasteiger partial charge in [-0.25, -0.2) is 78.0 Å². The molecule has 0 unspecified atom stereocenters. The third-order valence-electron chi connectivity index (χ3n) is 22.1. The van der Waals surface area contributed by atoms with Gasteiger partial charge in [0, 0.05) is 18.5 Å². The lowest BCUT2D eigenvalue weighted by molar-refractivity contribution is 0.598. The second-order valence-electron chi connectivity index (χ2n) is 31.6. The lowest BCUT2D eigenvalue weighted by Gasteiger charge is -2.24. The molecule has 46 heteroatoms. The zero-order valence-electron chi connectivity index (χ0n) is 72.2. The van der Waals surface area contributed by atoms with E-state index in [4.69, 9.17) is 91.7 Å². The summed E-state index contributed by atoms with van der Waals surface area (Å²) >= 11 is 31.8. The van der Waals surface area contributed by atoms with Crippen LogP contribution in [0, 0.1) is 120 Å². The van der Waals surface area contributed by atoms with E-state index < -0.39 is 58.3 Å². The van der Waals surface area contributed by atoms with Crippen LogP contribution in [0.5, 0.6) is 0 Å². The highest BCUT2D eigenvalue weighted by molar-refractivity contribution is 6.40. The largest absolute Gasteiger partial charge is 0.384 e. The van der Waals surface area contributed by atoms with Gasteiger partial charge in [0.15, 0.2) is 23.3 Å². The zero-order valence-corrected chi connectivity index (χ0v) is 76.0. The number of halogens is 8. The molecule has 0 aliphatic heterocycles. The van der Waals surface area contributed by atoms with Gasteiger partial charge in [-0.15, -0.1) is 0 Å². The van der Waals surface area contributed by atoms with Crippen LogP contribution in [0.4, 0.5) is 65.5 Å². The van der Waals surface area contributed by atoms with Gasteiger partial charge in [0.2, 0.25) is 0 Å². The third-order valence-corrected chi connectivity index (χ3v) is 23.6. The lowest BCUT2D eigenvalue weighted by Crippen LogP contribution is -2.30. The second-order valence-corrected chi connectivity index (χ2v) is 33.6. The molecule has 0 radical (unpaired) electrons. The van der Waals surface area contributed by atoms with Crippen LogP contribution in [0.1, 0.15) is 144 Å². The second kappa shape index (κ2) is 38.8. The molecule has 3 aliphatic carbocycles. The van der Waals surface area contributed by atoms with E-state index in [0.717, 1.165) is 67.5 Å². The maximum atomic E-state index is 14.8. The molecule has 3 aliphatic rings. The minimum atomic E-state index is -0.780. The molecule has 14 N–H and O–H groups in total. The third kappa shape index (κ3) is 19.1. The molecule has 0 bridgehead atoms. The SMILES string of the molecule is Cc1nc(N)c(C#N)c(N[C@@H](C)c2nc3c(Cl)ccc(Cl)c3c(=O)n2-c2ccc(N)nc2)n1.Cc1nc(N)c(C#N)c(N[C@@H](c2nc3c(F)ccc(Cl)c3c(=O)n2-c2cccnc2)C2CC2)n1.Cc1nc(N)c(C#N)c(N[C@H](c2nc3c(C#N)cc(F)cc3c(=O)n2-c2cncc(F)c2)C2CC2)n1.Cc1nc(N)c(C#N)c(N[C@H](c2nc3c(Cl)ccc(Cl)c3c(=O)n2-c2cccnc2)C2CC2)n1. The van der Waals surface area contributed by atoms with Crippen LogP contribution in [0.2, 0.25) is 25.1 Å². The molecule has 16 aromatic rings. The summed E-state index contributed by atoms with van der Waals surface area (Å²) in [6.07, 6.45) is 15.0. The maximum Gasteiger partial charge on any atom is 0.267 e. The van der Waals surface area contributed by atoms with E-state index in [9.17, 15) is 58.7 Å². The Hall–Kier alpha value is -16.8. The monoisotopic (exact) mass is 1930 g/mol. The Kier molecular flexibility index (Phi) is 26.5. The van der Waals surface area contributed by atoms with Gasteiger partial charge in [-0.1, -0.05) is 58.0 Å². The number of nitrogens with one attached hydrogen (secondary N) is 4. The summed E-state index contributed by atoms with van der Waals surface area (Å²) in [6.45, 7) is 8.37. The van der Waals surface area contributed by atoms with Crippen molar-refractivity contribution in [2.45, 2.75) is 97.3 Å². The fraction of sp³-hybridized carbons (Fsp3) is 0.198. The summed E-state index contributed by atoms with van der Waals surface area (Å²) in [5.74, 6) is 1.94. The Morgan fingerprint density at radius 1 is 0.380 bits per heavy atom. The Morgan fingerprint density at radius 3 is 1.13 bits per heavy atom. The van der Waals surface area contributed by atoms with Crippen LogP contribution >= 0.6 is 58.0 Å². The predicted octanol–water partition coefficient (Wildman–Crippen LogP) is 14.3. The molecule has 19 rings (SSSR count). The number of pyridine rings is 4. The van der Waals surface area contributed by atoms with Crippen molar-refractivity contribution in [3.63, 3.8) is 0 Å². The Morgan fingerprint density at radius 2 is 0.745 bits per heavy atom. The van der Waals surface area contributed by atoms with E-state index in [-0.39, 0.29) is 179 Å². The Balaban J connectivity index is 0.000000132. The molecule has 137 heavy (non-hydrogen) atoms. The molecular weight excluding hydrogens is 1870 g/mol. The normalized spacial score (nSPS) is 13.4. The number of rotatable bonds is 19. The van der Waals surface area contributed by atoms with E-state index in [1.54, 1.807) is 108 Å². The van der Waals surface area contributed by atoms with E-state index in [1.165, 1.54) is 50.5 Å². The first-order chi connectivity index (χ1) is 65.8. The predicted molar refractivity (Wildman–Crippen MR) is 507 cm³/mol. The molecule has 12 aromatic heterocycles. The fourth-order valence-electron chi connectivity index (χ4n) is 15.4. The number of nitrogens with two attached hydrogens (primary N) is 5. The van der Waals surface area contributed by atoms with Crippen LogP contribution in [0.3, 0.4) is 0 Å². The highest BCUT2D eigenvalue weighted by Crippen LogP contribution is 2.47. The van der Waals surface area contributed by atoms with E-state index >= 15 is 0 Å². The van der Waals surface area contributed by atoms with E-state index in [1.807, 2.05) is 24.3 Å². The van der Waals surface area contributed by atoms with Gasteiger partial charge in [0.25, 0.3) is 22.2 Å². The molecule has 0 saturated heterocycles. The maximum absolute atomic E-state index is 14.8. The molecule has 3 fully saturated rings. The van der Waals surface area contributed by atoms with Gasteiger partial charge < -0.3 is 49.9 Å². The van der Waals surface area contributed by atoms with Crippen LogP contribution in [0.15, 0.2) is 154 Å². The smallest absolute Gasteiger partial charge is 0.267 e. The Bertz CT molecular complexity index is 7890. The number of fused-ring (bicyclic) bond motifs is 4. The number of nitrogens with zero attached hydrogens (tertiary/aromatic N) is 25. The fourth-order valence-corrected chi connectivity index (χ4v) is 16.5. The number of hydrogen-bond donors (Lipinski definition) is 9. The van der Waals surface area contributed by atoms with Gasteiger partial charge in [-0.05, 0) is 176 Å². The number of aromatic nitrogens is 20. The molecule has 684 valence electrons. The summed E-state index contributed by atoms with van der Waals surface area (Å²) in [7, 11) is 0. The minimum absolute atomic E-state index is 0.00542. The summed E-state index contributed by atoms with van der Waals surface area (Å²) in [4.78, 5) is 123. The average Bonchev–Trinajstić information content (AvgIpc) is 1.52. The summed E-state index contributed by atoms with van der Waals surface area (Å²) < 4.78 is 48.5.